The van der Waals surface area contributed by atoms with Gasteiger partial charge in [-0.3, -0.25) is 0 Å². The minimum Gasteiger partial charge on any atom is -0.0871 e. The maximum absolute atomic E-state index is 2.20. The molecule has 0 fully saturated rings. The average Bonchev–Trinajstić information content (AvgIpc) is 1.98. The molecule has 0 saturated heterocycles. The van der Waals surface area contributed by atoms with Gasteiger partial charge in [0.2, 0.25) is 0 Å². The molecule has 0 spiro atoms. The highest BCUT2D eigenvalue weighted by molar-refractivity contribution is 5.54. The van der Waals surface area contributed by atoms with Gasteiger partial charge < -0.3 is 0 Å². The second-order valence-electron chi connectivity index (χ2n) is 2.86. The van der Waals surface area contributed by atoms with Crippen LogP contribution >= 0.6 is 0 Å². The zero-order chi connectivity index (χ0) is 8.27. The van der Waals surface area contributed by atoms with Crippen molar-refractivity contribution in [2.24, 2.45) is 0 Å². The van der Waals surface area contributed by atoms with Crippen LogP contribution in [0, 0.1) is 13.8 Å². The first-order chi connectivity index (χ1) is 5.24. The summed E-state index contributed by atoms with van der Waals surface area (Å²) in [5.74, 6) is 0. The van der Waals surface area contributed by atoms with Crippen LogP contribution in [-0.4, -0.2) is 0 Å². The van der Waals surface area contributed by atoms with E-state index in [9.17, 15) is 0 Å². The van der Waals surface area contributed by atoms with Crippen molar-refractivity contribution in [2.75, 3.05) is 0 Å². The van der Waals surface area contributed by atoms with Gasteiger partial charge in [-0.15, -0.1) is 0 Å². The fraction of sp³-hybridized carbons (Fsp3) is 0.273. The van der Waals surface area contributed by atoms with Gasteiger partial charge in [-0.25, -0.2) is 0 Å². The molecule has 0 heteroatoms. The number of rotatable bonds is 1. The van der Waals surface area contributed by atoms with E-state index in [0.29, 0.717) is 0 Å². The van der Waals surface area contributed by atoms with Crippen molar-refractivity contribution in [3.63, 3.8) is 0 Å². The molecule has 0 bridgehead atoms. The predicted octanol–water partition coefficient (Wildman–Crippen LogP) is 3.58. The van der Waals surface area contributed by atoms with Crippen LogP contribution in [0.25, 0.3) is 6.08 Å². The van der Waals surface area contributed by atoms with Crippen molar-refractivity contribution in [3.05, 3.63) is 41.0 Å². The SMILES string of the molecule is CC=Cc1cc(C)ccc1C.[HH]. The van der Waals surface area contributed by atoms with Gasteiger partial charge in [-0.2, -0.15) is 0 Å². The summed E-state index contributed by atoms with van der Waals surface area (Å²) < 4.78 is 0. The smallest absolute Gasteiger partial charge is 0 e. The van der Waals surface area contributed by atoms with E-state index in [4.69, 9.17) is 0 Å². The van der Waals surface area contributed by atoms with E-state index in [1.165, 1.54) is 16.7 Å². The first kappa shape index (κ1) is 8.06. The van der Waals surface area contributed by atoms with Crippen molar-refractivity contribution < 1.29 is 1.43 Å². The lowest BCUT2D eigenvalue weighted by molar-refractivity contribution is 1.37. The molecule has 0 aromatic heterocycles. The van der Waals surface area contributed by atoms with E-state index in [0.717, 1.165) is 0 Å². The molecule has 0 aliphatic rings. The Kier molecular flexibility index (Phi) is 2.48. The largest absolute Gasteiger partial charge is 0.0871 e. The van der Waals surface area contributed by atoms with Gasteiger partial charge in [0, 0.05) is 1.43 Å². The van der Waals surface area contributed by atoms with Crippen molar-refractivity contribution in [1.29, 1.82) is 0 Å². The van der Waals surface area contributed by atoms with Crippen LogP contribution in [0.2, 0.25) is 0 Å². The summed E-state index contributed by atoms with van der Waals surface area (Å²) in [6, 6.07) is 6.50. The summed E-state index contributed by atoms with van der Waals surface area (Å²) in [7, 11) is 0. The molecule has 0 radical (unpaired) electrons. The monoisotopic (exact) mass is 148 g/mol. The number of benzene rings is 1. The number of allylic oxidation sites excluding steroid dienone is 1. The molecule has 0 amide bonds. The van der Waals surface area contributed by atoms with Crippen molar-refractivity contribution in [2.45, 2.75) is 20.8 Å². The van der Waals surface area contributed by atoms with Crippen molar-refractivity contribution >= 4 is 6.08 Å². The number of hydrogen-bond acceptors (Lipinski definition) is 0. The van der Waals surface area contributed by atoms with Crippen molar-refractivity contribution in [3.8, 4) is 0 Å². The summed E-state index contributed by atoms with van der Waals surface area (Å²) >= 11 is 0. The molecule has 1 rings (SSSR count). The van der Waals surface area contributed by atoms with E-state index < -0.39 is 0 Å². The maximum Gasteiger partial charge on any atom is 0 e. The Bertz CT molecular complexity index is 274. The summed E-state index contributed by atoms with van der Waals surface area (Å²) in [5, 5.41) is 0. The Balaban J connectivity index is 0.00000121. The highest BCUT2D eigenvalue weighted by Crippen LogP contribution is 2.11. The topological polar surface area (TPSA) is 0 Å². The quantitative estimate of drug-likeness (QED) is 0.571. The van der Waals surface area contributed by atoms with Gasteiger partial charge in [0.25, 0.3) is 0 Å². The van der Waals surface area contributed by atoms with Crippen molar-refractivity contribution in [1.82, 2.24) is 0 Å². The number of hydrogen-bond donors (Lipinski definition) is 0. The maximum atomic E-state index is 2.20. The van der Waals surface area contributed by atoms with Crippen LogP contribution in [0.1, 0.15) is 25.0 Å². The molecule has 11 heavy (non-hydrogen) atoms. The Morgan fingerprint density at radius 2 is 2.00 bits per heavy atom. The fourth-order valence-corrected chi connectivity index (χ4v) is 1.12. The highest BCUT2D eigenvalue weighted by Gasteiger charge is 1.92. The molecular formula is C11H16. The fourth-order valence-electron chi connectivity index (χ4n) is 1.12. The standard InChI is InChI=1S/C11H14.H2/c1-4-5-11-8-9(2)6-7-10(11)3;/h4-8H,1-3H3;1H. The Morgan fingerprint density at radius 3 is 2.64 bits per heavy atom. The lowest BCUT2D eigenvalue weighted by Gasteiger charge is -2.00. The molecule has 0 aliphatic heterocycles. The first-order valence-corrected chi connectivity index (χ1v) is 3.94. The van der Waals surface area contributed by atoms with Gasteiger partial charge in [-0.05, 0) is 31.9 Å². The summed E-state index contributed by atoms with van der Waals surface area (Å²) in [5.41, 5.74) is 3.99. The molecule has 0 aliphatic carbocycles. The van der Waals surface area contributed by atoms with Gasteiger partial charge in [0.1, 0.15) is 0 Å². The van der Waals surface area contributed by atoms with Gasteiger partial charge in [0.05, 0.1) is 0 Å². The lowest BCUT2D eigenvalue weighted by atomic mass is 10.1. The predicted molar refractivity (Wildman–Crippen MR) is 52.7 cm³/mol. The number of aryl methyl sites for hydroxylation is 2. The minimum absolute atomic E-state index is 0. The molecule has 0 unspecified atom stereocenters. The third-order valence-electron chi connectivity index (χ3n) is 1.78. The molecule has 0 heterocycles. The average molecular weight is 148 g/mol. The van der Waals surface area contributed by atoms with Crippen LogP contribution in [0.5, 0.6) is 0 Å². The molecule has 0 saturated carbocycles. The Hall–Kier alpha value is -1.04. The normalized spacial score (nSPS) is 10.8. The zero-order valence-electron chi connectivity index (χ0n) is 7.39. The minimum atomic E-state index is 0. The van der Waals surface area contributed by atoms with E-state index >= 15 is 0 Å². The molecule has 0 nitrogen and oxygen atoms in total. The second-order valence-corrected chi connectivity index (χ2v) is 2.86. The van der Waals surface area contributed by atoms with Gasteiger partial charge >= 0.3 is 0 Å². The first-order valence-electron chi connectivity index (χ1n) is 3.94. The third kappa shape index (κ3) is 1.94. The molecule has 0 atom stereocenters. The molecule has 0 N–H and O–H groups in total. The summed E-state index contributed by atoms with van der Waals surface area (Å²) in [6.45, 7) is 6.29. The van der Waals surface area contributed by atoms with Crippen LogP contribution < -0.4 is 0 Å². The van der Waals surface area contributed by atoms with E-state index in [2.05, 4.69) is 44.2 Å². The Labute approximate surface area is 70.1 Å². The molecular weight excluding hydrogens is 132 g/mol. The zero-order valence-corrected chi connectivity index (χ0v) is 7.39. The lowest BCUT2D eigenvalue weighted by Crippen LogP contribution is -1.81. The molecule has 1 aromatic carbocycles. The van der Waals surface area contributed by atoms with E-state index in [1.807, 2.05) is 6.92 Å². The summed E-state index contributed by atoms with van der Waals surface area (Å²) in [6.07, 6.45) is 4.21. The molecule has 60 valence electrons. The second kappa shape index (κ2) is 3.38. The Morgan fingerprint density at radius 1 is 1.27 bits per heavy atom. The highest BCUT2D eigenvalue weighted by atomic mass is 14.0. The van der Waals surface area contributed by atoms with Gasteiger partial charge in [0.15, 0.2) is 0 Å². The van der Waals surface area contributed by atoms with Crippen LogP contribution in [0.3, 0.4) is 0 Å². The van der Waals surface area contributed by atoms with Crippen LogP contribution in [0.15, 0.2) is 24.3 Å². The third-order valence-corrected chi connectivity index (χ3v) is 1.78. The molecule has 1 aromatic rings. The summed E-state index contributed by atoms with van der Waals surface area (Å²) in [4.78, 5) is 0. The van der Waals surface area contributed by atoms with E-state index in [1.54, 1.807) is 0 Å². The van der Waals surface area contributed by atoms with Crippen LogP contribution in [0.4, 0.5) is 0 Å². The van der Waals surface area contributed by atoms with Gasteiger partial charge in [-0.1, -0.05) is 35.9 Å². The van der Waals surface area contributed by atoms with E-state index in [-0.39, 0.29) is 1.43 Å². The van der Waals surface area contributed by atoms with Crippen LogP contribution in [-0.2, 0) is 0 Å².